The predicted octanol–water partition coefficient (Wildman–Crippen LogP) is 2.20. The Labute approximate surface area is 104 Å². The molecule has 0 spiro atoms. The van der Waals surface area contributed by atoms with E-state index in [1.54, 1.807) is 18.2 Å². The Morgan fingerprint density at radius 1 is 1.39 bits per heavy atom. The number of nitro groups is 1. The molecule has 0 N–H and O–H groups in total. The summed E-state index contributed by atoms with van der Waals surface area (Å²) in [6.07, 6.45) is 2.89. The highest BCUT2D eigenvalue weighted by molar-refractivity contribution is 6.43. The standard InChI is InChI=1S/C12H12N2O4/c1-9(13-18-2)12(15)8-5-10-3-6-11(7-4-10)14(16)17/h3-8H,1-2H3/b8-5+,13-9+. The van der Waals surface area contributed by atoms with Gasteiger partial charge in [-0.1, -0.05) is 11.2 Å². The minimum absolute atomic E-state index is 0.00982. The van der Waals surface area contributed by atoms with E-state index in [0.29, 0.717) is 5.56 Å². The van der Waals surface area contributed by atoms with Crippen LogP contribution < -0.4 is 0 Å². The van der Waals surface area contributed by atoms with Gasteiger partial charge in [-0.05, 0) is 30.7 Å². The predicted molar refractivity (Wildman–Crippen MR) is 67.3 cm³/mol. The van der Waals surface area contributed by atoms with Crippen molar-refractivity contribution in [3.05, 3.63) is 46.0 Å². The highest BCUT2D eigenvalue weighted by Crippen LogP contribution is 2.12. The lowest BCUT2D eigenvalue weighted by atomic mass is 10.1. The van der Waals surface area contributed by atoms with Crippen LogP contribution in [0.4, 0.5) is 5.69 Å². The summed E-state index contributed by atoms with van der Waals surface area (Å²) in [5.41, 5.74) is 0.936. The fourth-order valence-corrected chi connectivity index (χ4v) is 1.18. The summed E-state index contributed by atoms with van der Waals surface area (Å²) in [6.45, 7) is 1.53. The van der Waals surface area contributed by atoms with Crippen LogP contribution >= 0.6 is 0 Å². The van der Waals surface area contributed by atoms with E-state index in [1.165, 1.54) is 32.2 Å². The molecule has 18 heavy (non-hydrogen) atoms. The van der Waals surface area contributed by atoms with Gasteiger partial charge >= 0.3 is 0 Å². The van der Waals surface area contributed by atoms with E-state index in [-0.39, 0.29) is 17.2 Å². The lowest BCUT2D eigenvalue weighted by Crippen LogP contribution is -2.06. The lowest BCUT2D eigenvalue weighted by molar-refractivity contribution is -0.384. The van der Waals surface area contributed by atoms with Crippen molar-refractivity contribution in [1.29, 1.82) is 0 Å². The number of allylic oxidation sites excluding steroid dienone is 1. The van der Waals surface area contributed by atoms with Crippen molar-refractivity contribution in [2.75, 3.05) is 7.11 Å². The number of benzene rings is 1. The quantitative estimate of drug-likeness (QED) is 0.346. The van der Waals surface area contributed by atoms with E-state index >= 15 is 0 Å². The maximum Gasteiger partial charge on any atom is 0.269 e. The SMILES string of the molecule is CO/N=C(\C)C(=O)/C=C/c1ccc([N+](=O)[O-])cc1. The van der Waals surface area contributed by atoms with Gasteiger partial charge in [0.1, 0.15) is 12.8 Å². The van der Waals surface area contributed by atoms with Gasteiger partial charge in [-0.3, -0.25) is 14.9 Å². The fraction of sp³-hybridized carbons (Fsp3) is 0.167. The second-order valence-electron chi connectivity index (χ2n) is 3.41. The summed E-state index contributed by atoms with van der Waals surface area (Å²) in [6, 6.07) is 5.87. The number of nitro benzene ring substituents is 1. The summed E-state index contributed by atoms with van der Waals surface area (Å²) >= 11 is 0. The van der Waals surface area contributed by atoms with Crippen LogP contribution in [0.5, 0.6) is 0 Å². The zero-order valence-electron chi connectivity index (χ0n) is 9.99. The first-order valence-electron chi connectivity index (χ1n) is 5.09. The van der Waals surface area contributed by atoms with Crippen LogP contribution in [0.2, 0.25) is 0 Å². The maximum atomic E-state index is 11.5. The molecule has 0 aliphatic heterocycles. The average molecular weight is 248 g/mol. The van der Waals surface area contributed by atoms with Gasteiger partial charge in [0.25, 0.3) is 5.69 Å². The number of oxime groups is 1. The number of hydrogen-bond acceptors (Lipinski definition) is 5. The second-order valence-corrected chi connectivity index (χ2v) is 3.41. The minimum Gasteiger partial charge on any atom is -0.399 e. The Bertz CT molecular complexity index is 503. The third kappa shape index (κ3) is 3.82. The first-order chi connectivity index (χ1) is 8.54. The number of non-ortho nitro benzene ring substituents is 1. The molecule has 0 atom stereocenters. The Balaban J connectivity index is 2.76. The summed E-state index contributed by atoms with van der Waals surface area (Å²) in [4.78, 5) is 25.9. The second kappa shape index (κ2) is 6.29. The van der Waals surface area contributed by atoms with Crippen LogP contribution in [0.25, 0.3) is 6.08 Å². The molecule has 0 aromatic heterocycles. The van der Waals surface area contributed by atoms with Crippen LogP contribution in [0.1, 0.15) is 12.5 Å². The summed E-state index contributed by atoms with van der Waals surface area (Å²) < 4.78 is 0. The van der Waals surface area contributed by atoms with Crippen molar-refractivity contribution < 1.29 is 14.6 Å². The van der Waals surface area contributed by atoms with Gasteiger partial charge in [-0.25, -0.2) is 0 Å². The molecule has 0 saturated carbocycles. The molecule has 0 amide bonds. The molecular weight excluding hydrogens is 236 g/mol. The molecule has 0 heterocycles. The number of rotatable bonds is 5. The molecule has 0 radical (unpaired) electrons. The normalized spacial score (nSPS) is 11.6. The highest BCUT2D eigenvalue weighted by Gasteiger charge is 2.04. The van der Waals surface area contributed by atoms with E-state index in [4.69, 9.17) is 0 Å². The largest absolute Gasteiger partial charge is 0.399 e. The first-order valence-corrected chi connectivity index (χ1v) is 5.09. The molecule has 0 bridgehead atoms. The Kier molecular flexibility index (Phi) is 4.74. The molecule has 1 rings (SSSR count). The molecule has 0 aliphatic rings. The van der Waals surface area contributed by atoms with Crippen molar-refractivity contribution in [2.24, 2.45) is 5.16 Å². The molecule has 1 aromatic carbocycles. The van der Waals surface area contributed by atoms with Crippen molar-refractivity contribution >= 4 is 23.3 Å². The van der Waals surface area contributed by atoms with Crippen LogP contribution in [0.3, 0.4) is 0 Å². The van der Waals surface area contributed by atoms with Gasteiger partial charge < -0.3 is 4.84 Å². The van der Waals surface area contributed by atoms with Crippen LogP contribution in [-0.4, -0.2) is 23.5 Å². The minimum atomic E-state index is -0.478. The zero-order valence-corrected chi connectivity index (χ0v) is 9.99. The van der Waals surface area contributed by atoms with Crippen molar-refractivity contribution in [3.8, 4) is 0 Å². The molecule has 0 unspecified atom stereocenters. The molecule has 6 nitrogen and oxygen atoms in total. The third-order valence-corrected chi connectivity index (χ3v) is 2.12. The number of ketones is 1. The zero-order chi connectivity index (χ0) is 13.5. The average Bonchev–Trinajstić information content (AvgIpc) is 2.36. The summed E-state index contributed by atoms with van der Waals surface area (Å²) in [5.74, 6) is -0.282. The van der Waals surface area contributed by atoms with Crippen molar-refractivity contribution in [1.82, 2.24) is 0 Å². The number of nitrogens with zero attached hydrogens (tertiary/aromatic N) is 2. The summed E-state index contributed by atoms with van der Waals surface area (Å²) in [5, 5.41) is 13.9. The van der Waals surface area contributed by atoms with E-state index in [9.17, 15) is 14.9 Å². The molecule has 1 aromatic rings. The van der Waals surface area contributed by atoms with Gasteiger partial charge in [-0.2, -0.15) is 0 Å². The molecule has 0 aliphatic carbocycles. The number of carbonyl (C=O) groups is 1. The molecule has 0 fully saturated rings. The number of hydrogen-bond donors (Lipinski definition) is 0. The van der Waals surface area contributed by atoms with E-state index in [1.807, 2.05) is 0 Å². The summed E-state index contributed by atoms with van der Waals surface area (Å²) in [7, 11) is 1.36. The van der Waals surface area contributed by atoms with Crippen LogP contribution in [-0.2, 0) is 9.63 Å². The molecule has 0 saturated heterocycles. The molecular formula is C12H12N2O4. The Morgan fingerprint density at radius 3 is 2.50 bits per heavy atom. The number of carbonyl (C=O) groups excluding carboxylic acids is 1. The molecule has 6 heteroatoms. The van der Waals surface area contributed by atoms with Crippen molar-refractivity contribution in [3.63, 3.8) is 0 Å². The van der Waals surface area contributed by atoms with Gasteiger partial charge in [0.05, 0.1) is 4.92 Å². The van der Waals surface area contributed by atoms with E-state index < -0.39 is 4.92 Å². The first kappa shape index (κ1) is 13.6. The Hall–Kier alpha value is -2.50. The van der Waals surface area contributed by atoms with Crippen LogP contribution in [0.15, 0.2) is 35.5 Å². The van der Waals surface area contributed by atoms with Gasteiger partial charge in [0.2, 0.25) is 5.78 Å². The van der Waals surface area contributed by atoms with Crippen molar-refractivity contribution in [2.45, 2.75) is 6.92 Å². The highest BCUT2D eigenvalue weighted by atomic mass is 16.6. The van der Waals surface area contributed by atoms with Gasteiger partial charge in [0, 0.05) is 12.1 Å². The van der Waals surface area contributed by atoms with E-state index in [0.717, 1.165) is 0 Å². The smallest absolute Gasteiger partial charge is 0.269 e. The fourth-order valence-electron chi connectivity index (χ4n) is 1.18. The van der Waals surface area contributed by atoms with Gasteiger partial charge in [-0.15, -0.1) is 0 Å². The Morgan fingerprint density at radius 2 is 2.00 bits per heavy atom. The van der Waals surface area contributed by atoms with Gasteiger partial charge in [0.15, 0.2) is 0 Å². The lowest BCUT2D eigenvalue weighted by Gasteiger charge is -1.94. The molecule has 94 valence electrons. The monoisotopic (exact) mass is 248 g/mol. The van der Waals surface area contributed by atoms with Crippen LogP contribution in [0, 0.1) is 10.1 Å². The maximum absolute atomic E-state index is 11.5. The third-order valence-electron chi connectivity index (χ3n) is 2.12. The van der Waals surface area contributed by atoms with E-state index in [2.05, 4.69) is 9.99 Å². The topological polar surface area (TPSA) is 81.8 Å².